The number of hydrogen-bond acceptors (Lipinski definition) is 6. The van der Waals surface area contributed by atoms with Crippen molar-refractivity contribution in [3.8, 4) is 11.8 Å². The fourth-order valence-electron chi connectivity index (χ4n) is 2.91. The number of carbonyl (C=O) groups is 1. The van der Waals surface area contributed by atoms with Crippen LogP contribution in [0.5, 0.6) is 11.8 Å². The highest BCUT2D eigenvalue weighted by Crippen LogP contribution is 2.14. The van der Waals surface area contributed by atoms with Crippen molar-refractivity contribution < 1.29 is 14.3 Å². The molecule has 1 aromatic carbocycles. The van der Waals surface area contributed by atoms with Gasteiger partial charge in [-0.1, -0.05) is 12.1 Å². The van der Waals surface area contributed by atoms with Gasteiger partial charge < -0.3 is 19.7 Å². The molecule has 0 bridgehead atoms. The van der Waals surface area contributed by atoms with Gasteiger partial charge >= 0.3 is 6.01 Å². The predicted molar refractivity (Wildman–Crippen MR) is 97.2 cm³/mol. The Bertz CT molecular complexity index is 694. The molecule has 1 atom stereocenters. The van der Waals surface area contributed by atoms with Gasteiger partial charge in [-0.2, -0.15) is 0 Å². The van der Waals surface area contributed by atoms with E-state index < -0.39 is 0 Å². The molecule has 1 aromatic heterocycles. The number of ether oxygens (including phenoxy) is 2. The van der Waals surface area contributed by atoms with Crippen LogP contribution in [0.2, 0.25) is 0 Å². The first-order valence-corrected chi connectivity index (χ1v) is 8.76. The van der Waals surface area contributed by atoms with Gasteiger partial charge in [0.1, 0.15) is 5.75 Å². The maximum atomic E-state index is 12.7. The van der Waals surface area contributed by atoms with Gasteiger partial charge in [-0.05, 0) is 23.8 Å². The lowest BCUT2D eigenvalue weighted by atomic mass is 10.1. The molecule has 1 saturated heterocycles. The van der Waals surface area contributed by atoms with Crippen molar-refractivity contribution in [2.24, 2.45) is 5.92 Å². The lowest BCUT2D eigenvalue weighted by Crippen LogP contribution is -2.38. The second kappa shape index (κ2) is 9.15. The minimum Gasteiger partial charge on any atom is -0.497 e. The number of hydrogen-bond donors (Lipinski definition) is 1. The number of rotatable bonds is 6. The molecule has 2 heterocycles. The van der Waals surface area contributed by atoms with E-state index in [-0.39, 0.29) is 11.8 Å². The van der Waals surface area contributed by atoms with E-state index in [4.69, 9.17) is 9.47 Å². The van der Waals surface area contributed by atoms with Crippen molar-refractivity contribution >= 4 is 5.91 Å². The number of methoxy groups -OCH3 is 1. The van der Waals surface area contributed by atoms with E-state index in [2.05, 4.69) is 15.3 Å². The summed E-state index contributed by atoms with van der Waals surface area (Å²) in [5.74, 6) is 1.11. The summed E-state index contributed by atoms with van der Waals surface area (Å²) in [6.45, 7) is 3.43. The molecule has 3 rings (SSSR count). The van der Waals surface area contributed by atoms with Gasteiger partial charge in [-0.15, -0.1) is 0 Å². The van der Waals surface area contributed by atoms with E-state index in [1.54, 1.807) is 25.6 Å². The highest BCUT2D eigenvalue weighted by Gasteiger charge is 2.22. The third-order valence-electron chi connectivity index (χ3n) is 4.33. The first-order valence-electron chi connectivity index (χ1n) is 8.76. The number of nitrogens with zero attached hydrogens (tertiary/aromatic N) is 3. The second-order valence-corrected chi connectivity index (χ2v) is 6.28. The monoisotopic (exact) mass is 356 g/mol. The normalized spacial score (nSPS) is 17.4. The van der Waals surface area contributed by atoms with Gasteiger partial charge in [-0.3, -0.25) is 4.79 Å². The third kappa shape index (κ3) is 5.16. The van der Waals surface area contributed by atoms with E-state index in [1.165, 1.54) is 0 Å². The molecule has 7 heteroatoms. The van der Waals surface area contributed by atoms with Gasteiger partial charge in [0.2, 0.25) is 5.91 Å². The summed E-state index contributed by atoms with van der Waals surface area (Å²) in [5.41, 5.74) is 0.985. The average molecular weight is 356 g/mol. The summed E-state index contributed by atoms with van der Waals surface area (Å²) in [5, 5.41) is 3.37. The quantitative estimate of drug-likeness (QED) is 0.837. The van der Waals surface area contributed by atoms with Crippen LogP contribution < -0.4 is 14.8 Å². The fraction of sp³-hybridized carbons (Fsp3) is 0.421. The minimum absolute atomic E-state index is 0.125. The summed E-state index contributed by atoms with van der Waals surface area (Å²) in [6, 6.07) is 9.74. The minimum atomic E-state index is 0.125. The molecule has 1 N–H and O–H groups in total. The largest absolute Gasteiger partial charge is 0.497 e. The lowest BCUT2D eigenvalue weighted by Gasteiger charge is -2.24. The molecule has 7 nitrogen and oxygen atoms in total. The molecule has 0 aliphatic carbocycles. The summed E-state index contributed by atoms with van der Waals surface area (Å²) in [7, 11) is 1.63. The molecule has 2 aromatic rings. The van der Waals surface area contributed by atoms with Crippen LogP contribution in [-0.4, -0.2) is 60.7 Å². The first-order chi connectivity index (χ1) is 12.7. The summed E-state index contributed by atoms with van der Waals surface area (Å²) in [4.78, 5) is 22.7. The van der Waals surface area contributed by atoms with Gasteiger partial charge in [0.05, 0.1) is 20.1 Å². The Kier molecular flexibility index (Phi) is 6.38. The standard InChI is InChI=1S/C19H24N4O3/c1-25-17-5-3-15(4-6-17)11-18(24)23-10-9-20-12-16(13-23)14-26-19-21-7-2-8-22-19/h2-8,16,20H,9-14H2,1H3. The molecule has 26 heavy (non-hydrogen) atoms. The highest BCUT2D eigenvalue weighted by molar-refractivity contribution is 5.78. The Morgan fingerprint density at radius 1 is 1.27 bits per heavy atom. The van der Waals surface area contributed by atoms with Crippen molar-refractivity contribution in [2.75, 3.05) is 39.9 Å². The number of nitrogens with one attached hydrogen (secondary N) is 1. The molecule has 1 fully saturated rings. The molecule has 0 spiro atoms. The van der Waals surface area contributed by atoms with Crippen LogP contribution in [0.1, 0.15) is 5.56 Å². The van der Waals surface area contributed by atoms with Crippen LogP contribution >= 0.6 is 0 Å². The first kappa shape index (κ1) is 18.1. The van der Waals surface area contributed by atoms with Gasteiger partial charge in [-0.25, -0.2) is 9.97 Å². The zero-order valence-corrected chi connectivity index (χ0v) is 14.9. The molecule has 0 saturated carbocycles. The molecule has 138 valence electrons. The molecule has 1 aliphatic heterocycles. The molecular weight excluding hydrogens is 332 g/mol. The Hall–Kier alpha value is -2.67. The van der Waals surface area contributed by atoms with E-state index >= 15 is 0 Å². The van der Waals surface area contributed by atoms with Gasteiger partial charge in [0.25, 0.3) is 0 Å². The summed E-state index contributed by atoms with van der Waals surface area (Å²) >= 11 is 0. The number of benzene rings is 1. The van der Waals surface area contributed by atoms with E-state index in [0.29, 0.717) is 32.1 Å². The lowest BCUT2D eigenvalue weighted by molar-refractivity contribution is -0.130. The zero-order valence-electron chi connectivity index (χ0n) is 14.9. The van der Waals surface area contributed by atoms with E-state index in [9.17, 15) is 4.79 Å². The number of carbonyl (C=O) groups excluding carboxylic acids is 1. The third-order valence-corrected chi connectivity index (χ3v) is 4.33. The fourth-order valence-corrected chi connectivity index (χ4v) is 2.91. The Balaban J connectivity index is 1.54. The highest BCUT2D eigenvalue weighted by atomic mass is 16.5. The zero-order chi connectivity index (χ0) is 18.2. The van der Waals surface area contributed by atoms with E-state index in [1.807, 2.05) is 29.2 Å². The van der Waals surface area contributed by atoms with Crippen molar-refractivity contribution in [1.29, 1.82) is 0 Å². The number of amides is 1. The van der Waals surface area contributed by atoms with Crippen molar-refractivity contribution in [2.45, 2.75) is 6.42 Å². The Labute approximate surface area is 153 Å². The van der Waals surface area contributed by atoms with Crippen LogP contribution in [0.4, 0.5) is 0 Å². The van der Waals surface area contributed by atoms with E-state index in [0.717, 1.165) is 24.4 Å². The number of aromatic nitrogens is 2. The molecule has 1 amide bonds. The van der Waals surface area contributed by atoms with Crippen LogP contribution in [0.25, 0.3) is 0 Å². The van der Waals surface area contributed by atoms with Crippen LogP contribution in [0, 0.1) is 5.92 Å². The summed E-state index contributed by atoms with van der Waals surface area (Å²) in [6.07, 6.45) is 3.69. The average Bonchev–Trinajstić information content (AvgIpc) is 2.94. The summed E-state index contributed by atoms with van der Waals surface area (Å²) < 4.78 is 10.8. The van der Waals surface area contributed by atoms with Gasteiger partial charge in [0, 0.05) is 44.5 Å². The van der Waals surface area contributed by atoms with Crippen LogP contribution in [0.15, 0.2) is 42.7 Å². The van der Waals surface area contributed by atoms with Crippen molar-refractivity contribution in [3.05, 3.63) is 48.3 Å². The van der Waals surface area contributed by atoms with Crippen LogP contribution in [-0.2, 0) is 11.2 Å². The topological polar surface area (TPSA) is 76.6 Å². The molecular formula is C19H24N4O3. The van der Waals surface area contributed by atoms with Crippen LogP contribution in [0.3, 0.4) is 0 Å². The SMILES string of the molecule is COc1ccc(CC(=O)N2CCNCC(COc3ncccn3)C2)cc1. The maximum absolute atomic E-state index is 12.7. The Morgan fingerprint density at radius 2 is 2.04 bits per heavy atom. The molecule has 1 unspecified atom stereocenters. The maximum Gasteiger partial charge on any atom is 0.316 e. The Morgan fingerprint density at radius 3 is 2.77 bits per heavy atom. The van der Waals surface area contributed by atoms with Gasteiger partial charge in [0.15, 0.2) is 0 Å². The smallest absolute Gasteiger partial charge is 0.316 e. The second-order valence-electron chi connectivity index (χ2n) is 6.28. The molecule has 0 radical (unpaired) electrons. The van der Waals surface area contributed by atoms with Crippen molar-refractivity contribution in [3.63, 3.8) is 0 Å². The molecule has 1 aliphatic rings. The van der Waals surface area contributed by atoms with Crippen molar-refractivity contribution in [1.82, 2.24) is 20.2 Å². The predicted octanol–water partition coefficient (Wildman–Crippen LogP) is 1.15.